The lowest BCUT2D eigenvalue weighted by Crippen LogP contribution is -2.41. The van der Waals surface area contributed by atoms with Gasteiger partial charge in [0, 0.05) is 31.5 Å². The summed E-state index contributed by atoms with van der Waals surface area (Å²) in [5.41, 5.74) is 0.864. The lowest BCUT2D eigenvalue weighted by atomic mass is 9.97. The number of rotatable bonds is 5. The van der Waals surface area contributed by atoms with Crippen molar-refractivity contribution in [2.75, 3.05) is 23.3 Å². The molecule has 1 unspecified atom stereocenters. The summed E-state index contributed by atoms with van der Waals surface area (Å²) in [4.78, 5) is 28.9. The fraction of sp³-hybridized carbons (Fsp3) is 0.273. The maximum Gasteiger partial charge on any atom is 0.230 e. The van der Waals surface area contributed by atoms with Crippen molar-refractivity contribution in [3.8, 4) is 16.4 Å². The largest absolute Gasteiger partial charge is 0.354 e. The van der Waals surface area contributed by atoms with Crippen molar-refractivity contribution in [2.45, 2.75) is 19.8 Å². The van der Waals surface area contributed by atoms with Gasteiger partial charge in [0.2, 0.25) is 5.91 Å². The van der Waals surface area contributed by atoms with Gasteiger partial charge in [0.1, 0.15) is 29.5 Å². The number of anilines is 2. The normalized spacial score (nSPS) is 16.2. The minimum absolute atomic E-state index is 0.0510. The number of nitrogens with one attached hydrogen (secondary N) is 1. The molecule has 9 nitrogen and oxygen atoms in total. The van der Waals surface area contributed by atoms with Gasteiger partial charge in [-0.2, -0.15) is 0 Å². The van der Waals surface area contributed by atoms with Gasteiger partial charge in [0.15, 0.2) is 5.82 Å². The minimum Gasteiger partial charge on any atom is -0.354 e. The van der Waals surface area contributed by atoms with Crippen LogP contribution in [0.4, 0.5) is 11.6 Å². The maximum atomic E-state index is 13.0. The van der Waals surface area contributed by atoms with Gasteiger partial charge in [0.05, 0.1) is 10.8 Å². The van der Waals surface area contributed by atoms with Gasteiger partial charge in [-0.05, 0) is 43.3 Å². The average Bonchev–Trinajstić information content (AvgIpc) is 3.52. The van der Waals surface area contributed by atoms with Crippen molar-refractivity contribution < 1.29 is 4.79 Å². The Hall–Kier alpha value is -3.66. The molecule has 0 radical (unpaired) electrons. The van der Waals surface area contributed by atoms with E-state index in [9.17, 15) is 4.79 Å². The summed E-state index contributed by atoms with van der Waals surface area (Å²) < 4.78 is 1.85. The lowest BCUT2D eigenvalue weighted by molar-refractivity contribution is -0.120. The maximum absolute atomic E-state index is 13.0. The molecule has 1 aliphatic rings. The number of carbonyl (C=O) groups excluding carboxylic acids is 1. The third-order valence-corrected chi connectivity index (χ3v) is 6.41. The number of imidazole rings is 1. The Morgan fingerprint density at radius 3 is 2.84 bits per heavy atom. The van der Waals surface area contributed by atoms with E-state index in [0.717, 1.165) is 41.6 Å². The minimum atomic E-state index is -0.157. The van der Waals surface area contributed by atoms with Gasteiger partial charge < -0.3 is 10.2 Å². The summed E-state index contributed by atoms with van der Waals surface area (Å²) in [6.07, 6.45) is 6.72. The first-order valence-electron chi connectivity index (χ1n) is 10.4. The smallest absolute Gasteiger partial charge is 0.230 e. The molecule has 1 fully saturated rings. The zero-order valence-electron chi connectivity index (χ0n) is 17.5. The summed E-state index contributed by atoms with van der Waals surface area (Å²) >= 11 is 1.64. The standard InChI is InChI=1S/C22H22N8OS/c1-15-23-8-10-30(15)21-12-19(24-14-25-21)26-22(31)16-4-2-9-29(13-16)20-7-6-17(27-28-20)18-5-3-11-32-18/h3,5-8,10-12,14,16H,2,4,9,13H2,1H3,(H,24,25,26,31). The van der Waals surface area contributed by atoms with Crippen LogP contribution in [0.5, 0.6) is 0 Å². The van der Waals surface area contributed by atoms with Crippen LogP contribution in [0.25, 0.3) is 16.4 Å². The second kappa shape index (κ2) is 8.83. The molecule has 32 heavy (non-hydrogen) atoms. The van der Waals surface area contributed by atoms with Crippen LogP contribution < -0.4 is 10.2 Å². The predicted molar refractivity (Wildman–Crippen MR) is 123 cm³/mol. The van der Waals surface area contributed by atoms with E-state index < -0.39 is 0 Å². The number of piperidine rings is 1. The number of carbonyl (C=O) groups is 1. The number of amides is 1. The molecule has 10 heteroatoms. The SMILES string of the molecule is Cc1nccn1-c1cc(NC(=O)C2CCCN(c3ccc(-c4cccs4)nn3)C2)ncn1. The number of nitrogens with zero attached hydrogens (tertiary/aromatic N) is 7. The Balaban J connectivity index is 1.26. The average molecular weight is 447 g/mol. The van der Waals surface area contributed by atoms with Gasteiger partial charge in [-0.1, -0.05) is 6.07 Å². The highest BCUT2D eigenvalue weighted by molar-refractivity contribution is 7.13. The van der Waals surface area contributed by atoms with E-state index in [2.05, 4.69) is 35.4 Å². The highest BCUT2D eigenvalue weighted by Crippen LogP contribution is 2.26. The van der Waals surface area contributed by atoms with Crippen LogP contribution in [-0.2, 0) is 4.79 Å². The first-order valence-corrected chi connectivity index (χ1v) is 11.3. The highest BCUT2D eigenvalue weighted by atomic mass is 32.1. The molecule has 162 valence electrons. The topological polar surface area (TPSA) is 102 Å². The molecular weight excluding hydrogens is 424 g/mol. The zero-order chi connectivity index (χ0) is 21.9. The van der Waals surface area contributed by atoms with Crippen LogP contribution in [0.1, 0.15) is 18.7 Å². The van der Waals surface area contributed by atoms with Crippen molar-refractivity contribution in [3.63, 3.8) is 0 Å². The van der Waals surface area contributed by atoms with E-state index in [1.165, 1.54) is 6.33 Å². The van der Waals surface area contributed by atoms with Crippen molar-refractivity contribution in [1.82, 2.24) is 29.7 Å². The van der Waals surface area contributed by atoms with Crippen LogP contribution in [0, 0.1) is 12.8 Å². The van der Waals surface area contributed by atoms with Crippen molar-refractivity contribution in [1.29, 1.82) is 0 Å². The monoisotopic (exact) mass is 446 g/mol. The molecule has 5 rings (SSSR count). The Labute approximate surface area is 189 Å². The van der Waals surface area contributed by atoms with Crippen molar-refractivity contribution in [2.24, 2.45) is 5.92 Å². The fourth-order valence-corrected chi connectivity index (χ4v) is 4.53. The number of hydrogen-bond acceptors (Lipinski definition) is 8. The van der Waals surface area contributed by atoms with E-state index in [0.29, 0.717) is 18.2 Å². The van der Waals surface area contributed by atoms with Gasteiger partial charge in [-0.3, -0.25) is 9.36 Å². The third kappa shape index (κ3) is 4.22. The Morgan fingerprint density at radius 2 is 2.09 bits per heavy atom. The molecule has 0 aromatic carbocycles. The number of thiophene rings is 1. The molecule has 4 aromatic heterocycles. The fourth-order valence-electron chi connectivity index (χ4n) is 3.84. The summed E-state index contributed by atoms with van der Waals surface area (Å²) in [7, 11) is 0. The predicted octanol–water partition coefficient (Wildman–Crippen LogP) is 3.34. The molecule has 0 bridgehead atoms. The first-order chi connectivity index (χ1) is 15.7. The summed E-state index contributed by atoms with van der Waals surface area (Å²) in [5, 5.41) is 13.7. The molecule has 0 spiro atoms. The number of aromatic nitrogens is 6. The van der Waals surface area contributed by atoms with E-state index in [1.807, 2.05) is 47.3 Å². The Bertz CT molecular complexity index is 1200. The highest BCUT2D eigenvalue weighted by Gasteiger charge is 2.27. The molecule has 0 saturated carbocycles. The first kappa shape index (κ1) is 20.3. The Morgan fingerprint density at radius 1 is 1.16 bits per heavy atom. The Kier molecular flexibility index (Phi) is 5.59. The zero-order valence-corrected chi connectivity index (χ0v) is 18.4. The molecule has 5 heterocycles. The van der Waals surface area contributed by atoms with Crippen LogP contribution in [0.2, 0.25) is 0 Å². The second-order valence-corrected chi connectivity index (χ2v) is 8.58. The van der Waals surface area contributed by atoms with Crippen LogP contribution in [0.15, 0.2) is 54.4 Å². The quantitative estimate of drug-likeness (QED) is 0.502. The molecule has 1 N–H and O–H groups in total. The van der Waals surface area contributed by atoms with Gasteiger partial charge in [0.25, 0.3) is 0 Å². The van der Waals surface area contributed by atoms with Crippen molar-refractivity contribution in [3.05, 3.63) is 60.3 Å². The van der Waals surface area contributed by atoms with Gasteiger partial charge in [-0.15, -0.1) is 21.5 Å². The summed E-state index contributed by atoms with van der Waals surface area (Å²) in [6.45, 7) is 3.35. The van der Waals surface area contributed by atoms with Gasteiger partial charge in [-0.25, -0.2) is 15.0 Å². The second-order valence-electron chi connectivity index (χ2n) is 7.63. The lowest BCUT2D eigenvalue weighted by Gasteiger charge is -2.32. The summed E-state index contributed by atoms with van der Waals surface area (Å²) in [6, 6.07) is 9.75. The molecule has 1 saturated heterocycles. The van der Waals surface area contributed by atoms with Crippen LogP contribution in [-0.4, -0.2) is 48.7 Å². The van der Waals surface area contributed by atoms with Gasteiger partial charge >= 0.3 is 0 Å². The van der Waals surface area contributed by atoms with E-state index >= 15 is 0 Å². The molecule has 1 amide bonds. The molecule has 1 atom stereocenters. The van der Waals surface area contributed by atoms with Crippen molar-refractivity contribution >= 4 is 28.9 Å². The molecule has 1 aliphatic heterocycles. The van der Waals surface area contributed by atoms with E-state index in [1.54, 1.807) is 23.6 Å². The summed E-state index contributed by atoms with van der Waals surface area (Å²) in [5.74, 6) is 2.54. The van der Waals surface area contributed by atoms with E-state index in [-0.39, 0.29) is 11.8 Å². The molecule has 0 aliphatic carbocycles. The third-order valence-electron chi connectivity index (χ3n) is 5.52. The molecule has 4 aromatic rings. The van der Waals surface area contributed by atoms with Crippen LogP contribution >= 0.6 is 11.3 Å². The van der Waals surface area contributed by atoms with Crippen LogP contribution in [0.3, 0.4) is 0 Å². The van der Waals surface area contributed by atoms with E-state index in [4.69, 9.17) is 0 Å². The number of aryl methyl sites for hydroxylation is 1. The molecular formula is C22H22N8OS. The number of hydrogen-bond donors (Lipinski definition) is 1.